The molecule has 0 unspecified atom stereocenters. The summed E-state index contributed by atoms with van der Waals surface area (Å²) in [6, 6.07) is 23.9. The lowest BCUT2D eigenvalue weighted by Crippen LogP contribution is -2.21. The largest absolute Gasteiger partial charge is 0.489 e. The fourth-order valence-corrected chi connectivity index (χ4v) is 2.63. The van der Waals surface area contributed by atoms with Gasteiger partial charge in [0.25, 0.3) is 0 Å². The van der Waals surface area contributed by atoms with Crippen LogP contribution in [0, 0.1) is 0 Å². The van der Waals surface area contributed by atoms with Gasteiger partial charge < -0.3 is 20.1 Å². The van der Waals surface area contributed by atoms with Gasteiger partial charge in [-0.15, -0.1) is 0 Å². The normalized spacial score (nSPS) is 10.1. The third kappa shape index (κ3) is 6.10. The number of carbonyl (C=O) groups is 2. The first-order chi connectivity index (χ1) is 14.1. The van der Waals surface area contributed by atoms with Gasteiger partial charge in [-0.3, -0.25) is 4.79 Å². The number of benzene rings is 3. The number of amides is 1. The van der Waals surface area contributed by atoms with Gasteiger partial charge in [0.05, 0.1) is 19.2 Å². The molecule has 0 aliphatic carbocycles. The molecule has 0 aromatic heterocycles. The average Bonchev–Trinajstić information content (AvgIpc) is 2.77. The number of nitrogens with one attached hydrogen (secondary N) is 2. The van der Waals surface area contributed by atoms with E-state index in [4.69, 9.17) is 4.74 Å². The van der Waals surface area contributed by atoms with Gasteiger partial charge in [-0.25, -0.2) is 4.79 Å². The van der Waals surface area contributed by atoms with E-state index in [9.17, 15) is 9.59 Å². The van der Waals surface area contributed by atoms with E-state index in [0.717, 1.165) is 11.3 Å². The Labute approximate surface area is 169 Å². The van der Waals surface area contributed by atoms with Crippen LogP contribution in [-0.2, 0) is 16.1 Å². The number of hydrogen-bond donors (Lipinski definition) is 2. The number of rotatable bonds is 8. The topological polar surface area (TPSA) is 76.7 Å². The number of methoxy groups -OCH3 is 1. The van der Waals surface area contributed by atoms with E-state index in [1.165, 1.54) is 7.11 Å². The van der Waals surface area contributed by atoms with E-state index < -0.39 is 5.97 Å². The van der Waals surface area contributed by atoms with Crippen molar-refractivity contribution in [2.75, 3.05) is 24.3 Å². The Hall–Kier alpha value is -3.80. The van der Waals surface area contributed by atoms with Gasteiger partial charge in [0, 0.05) is 17.4 Å². The molecule has 3 aromatic carbocycles. The van der Waals surface area contributed by atoms with Crippen LogP contribution in [0.3, 0.4) is 0 Å². The fourth-order valence-electron chi connectivity index (χ4n) is 2.63. The van der Waals surface area contributed by atoms with E-state index in [0.29, 0.717) is 23.6 Å². The predicted molar refractivity (Wildman–Crippen MR) is 112 cm³/mol. The summed E-state index contributed by atoms with van der Waals surface area (Å²) in [5.41, 5.74) is 2.91. The molecule has 2 N–H and O–H groups in total. The highest BCUT2D eigenvalue weighted by molar-refractivity contribution is 5.94. The van der Waals surface area contributed by atoms with Crippen LogP contribution in [0.4, 0.5) is 11.4 Å². The summed E-state index contributed by atoms with van der Waals surface area (Å²) in [5.74, 6) is 0.0870. The van der Waals surface area contributed by atoms with Gasteiger partial charge in [0.1, 0.15) is 12.4 Å². The Kier molecular flexibility index (Phi) is 6.84. The van der Waals surface area contributed by atoms with Gasteiger partial charge in [-0.05, 0) is 42.0 Å². The molecule has 1 amide bonds. The predicted octanol–water partition coefficient (Wildman–Crippen LogP) is 4.10. The van der Waals surface area contributed by atoms with Crippen molar-refractivity contribution in [2.45, 2.75) is 6.61 Å². The monoisotopic (exact) mass is 390 g/mol. The van der Waals surface area contributed by atoms with Crippen molar-refractivity contribution < 1.29 is 19.1 Å². The fraction of sp³-hybridized carbons (Fsp3) is 0.130. The van der Waals surface area contributed by atoms with Crippen LogP contribution in [0.2, 0.25) is 0 Å². The second-order valence-corrected chi connectivity index (χ2v) is 6.27. The Bertz CT molecular complexity index is 956. The third-order valence-corrected chi connectivity index (χ3v) is 4.13. The molecule has 3 aromatic rings. The van der Waals surface area contributed by atoms with E-state index in [2.05, 4.69) is 15.4 Å². The highest BCUT2D eigenvalue weighted by Crippen LogP contribution is 2.19. The molecule has 6 nitrogen and oxygen atoms in total. The van der Waals surface area contributed by atoms with Crippen molar-refractivity contribution in [3.05, 3.63) is 90.0 Å². The molecular formula is C23H22N2O4. The van der Waals surface area contributed by atoms with Crippen LogP contribution in [0.15, 0.2) is 78.9 Å². The van der Waals surface area contributed by atoms with Gasteiger partial charge in [0.15, 0.2) is 0 Å². The maximum Gasteiger partial charge on any atom is 0.337 e. The molecule has 0 radical (unpaired) electrons. The second-order valence-electron chi connectivity index (χ2n) is 6.27. The smallest absolute Gasteiger partial charge is 0.337 e. The molecule has 29 heavy (non-hydrogen) atoms. The molecule has 3 rings (SSSR count). The molecule has 0 aliphatic heterocycles. The van der Waals surface area contributed by atoms with Gasteiger partial charge in [-0.2, -0.15) is 0 Å². The van der Waals surface area contributed by atoms with Crippen molar-refractivity contribution in [1.29, 1.82) is 0 Å². The van der Waals surface area contributed by atoms with Crippen molar-refractivity contribution in [1.82, 2.24) is 0 Å². The van der Waals surface area contributed by atoms with E-state index in [-0.39, 0.29) is 12.5 Å². The molecule has 0 fully saturated rings. The minimum atomic E-state index is -0.399. The summed E-state index contributed by atoms with van der Waals surface area (Å²) < 4.78 is 10.4. The molecule has 0 bridgehead atoms. The third-order valence-electron chi connectivity index (χ3n) is 4.13. The zero-order chi connectivity index (χ0) is 20.5. The highest BCUT2D eigenvalue weighted by Gasteiger charge is 2.06. The van der Waals surface area contributed by atoms with Crippen molar-refractivity contribution in [3.63, 3.8) is 0 Å². The molecule has 6 heteroatoms. The molecule has 0 aliphatic rings. The Morgan fingerprint density at radius 3 is 2.34 bits per heavy atom. The summed E-state index contributed by atoms with van der Waals surface area (Å²) in [4.78, 5) is 23.6. The zero-order valence-corrected chi connectivity index (χ0v) is 16.1. The summed E-state index contributed by atoms with van der Waals surface area (Å²) in [6.45, 7) is 0.550. The highest BCUT2D eigenvalue weighted by atomic mass is 16.5. The second kappa shape index (κ2) is 9.94. The number of ether oxygens (including phenoxy) is 2. The minimum Gasteiger partial charge on any atom is -0.489 e. The first-order valence-electron chi connectivity index (χ1n) is 9.13. The molecule has 148 valence electrons. The van der Waals surface area contributed by atoms with Crippen LogP contribution >= 0.6 is 0 Å². The average molecular weight is 390 g/mol. The SMILES string of the molecule is COC(=O)c1ccc(NCC(=O)Nc2cccc(OCc3ccccc3)c2)cc1. The van der Waals surface area contributed by atoms with Gasteiger partial charge in [0.2, 0.25) is 5.91 Å². The molecule has 0 saturated heterocycles. The van der Waals surface area contributed by atoms with Crippen LogP contribution in [0.25, 0.3) is 0 Å². The molecule has 0 atom stereocenters. The van der Waals surface area contributed by atoms with E-state index in [1.54, 1.807) is 36.4 Å². The maximum absolute atomic E-state index is 12.2. The van der Waals surface area contributed by atoms with Crippen molar-refractivity contribution in [3.8, 4) is 5.75 Å². The van der Waals surface area contributed by atoms with E-state index in [1.807, 2.05) is 42.5 Å². The number of hydrogen-bond acceptors (Lipinski definition) is 5. The standard InChI is InChI=1S/C23H22N2O4/c1-28-23(27)18-10-12-19(13-11-18)24-15-22(26)25-20-8-5-9-21(14-20)29-16-17-6-3-2-4-7-17/h2-14,24H,15-16H2,1H3,(H,25,26). The van der Waals surface area contributed by atoms with Gasteiger partial charge in [-0.1, -0.05) is 36.4 Å². The van der Waals surface area contributed by atoms with E-state index >= 15 is 0 Å². The Morgan fingerprint density at radius 2 is 1.62 bits per heavy atom. The Morgan fingerprint density at radius 1 is 0.862 bits per heavy atom. The zero-order valence-electron chi connectivity index (χ0n) is 16.1. The van der Waals surface area contributed by atoms with Crippen LogP contribution < -0.4 is 15.4 Å². The van der Waals surface area contributed by atoms with Crippen LogP contribution in [-0.4, -0.2) is 25.5 Å². The van der Waals surface area contributed by atoms with Crippen molar-refractivity contribution in [2.24, 2.45) is 0 Å². The molecule has 0 saturated carbocycles. The van der Waals surface area contributed by atoms with Crippen LogP contribution in [0.5, 0.6) is 5.75 Å². The number of esters is 1. The van der Waals surface area contributed by atoms with Crippen molar-refractivity contribution >= 4 is 23.3 Å². The first-order valence-corrected chi connectivity index (χ1v) is 9.13. The summed E-state index contributed by atoms with van der Waals surface area (Å²) in [7, 11) is 1.33. The quantitative estimate of drug-likeness (QED) is 0.566. The lowest BCUT2D eigenvalue weighted by Gasteiger charge is -2.10. The van der Waals surface area contributed by atoms with Gasteiger partial charge >= 0.3 is 5.97 Å². The number of anilines is 2. The Balaban J connectivity index is 1.49. The summed E-state index contributed by atoms with van der Waals surface area (Å²) in [5, 5.41) is 5.85. The summed E-state index contributed by atoms with van der Waals surface area (Å²) >= 11 is 0. The summed E-state index contributed by atoms with van der Waals surface area (Å²) in [6.07, 6.45) is 0. The lowest BCUT2D eigenvalue weighted by molar-refractivity contribution is -0.114. The molecule has 0 spiro atoms. The molecule has 0 heterocycles. The van der Waals surface area contributed by atoms with Crippen LogP contribution in [0.1, 0.15) is 15.9 Å². The minimum absolute atomic E-state index is 0.0900. The maximum atomic E-state index is 12.2. The number of carbonyl (C=O) groups excluding carboxylic acids is 2. The molecular weight excluding hydrogens is 368 g/mol. The lowest BCUT2D eigenvalue weighted by atomic mass is 10.2. The first kappa shape index (κ1) is 19.9.